The van der Waals surface area contributed by atoms with Crippen LogP contribution in [0.25, 0.3) is 32.6 Å². The molecule has 0 spiro atoms. The highest BCUT2D eigenvalue weighted by Gasteiger charge is 2.12. The fourth-order valence-corrected chi connectivity index (χ4v) is 3.40. The maximum atomic E-state index is 5.19. The van der Waals surface area contributed by atoms with Crippen LogP contribution in [0.2, 0.25) is 0 Å². The van der Waals surface area contributed by atoms with E-state index in [1.807, 2.05) is 48.5 Å². The standard InChI is InChI=1S/C22H16N4O/c1-27-15-12-10-14(11-13-15)23-22-24-20-18-8-4-2-6-16(18)17-7-3-5-9-19(17)21(20)25-26-22/h2-13H,1H3,(H,23,24,26). The lowest BCUT2D eigenvalue weighted by Gasteiger charge is -2.10. The van der Waals surface area contributed by atoms with E-state index in [4.69, 9.17) is 9.72 Å². The van der Waals surface area contributed by atoms with E-state index in [9.17, 15) is 0 Å². The molecule has 5 nitrogen and oxygen atoms in total. The zero-order chi connectivity index (χ0) is 18.2. The molecule has 5 heteroatoms. The second kappa shape index (κ2) is 6.21. The first kappa shape index (κ1) is 15.5. The van der Waals surface area contributed by atoms with Crippen molar-refractivity contribution in [1.82, 2.24) is 15.2 Å². The summed E-state index contributed by atoms with van der Waals surface area (Å²) in [6.45, 7) is 0. The van der Waals surface area contributed by atoms with Gasteiger partial charge < -0.3 is 10.1 Å². The maximum absolute atomic E-state index is 5.19. The number of rotatable bonds is 3. The number of hydrogen-bond acceptors (Lipinski definition) is 5. The first-order chi connectivity index (χ1) is 13.3. The zero-order valence-electron chi connectivity index (χ0n) is 14.7. The summed E-state index contributed by atoms with van der Waals surface area (Å²) in [5.41, 5.74) is 2.53. The number of aromatic nitrogens is 3. The Morgan fingerprint density at radius 3 is 1.89 bits per heavy atom. The molecule has 0 saturated carbocycles. The lowest BCUT2D eigenvalue weighted by atomic mass is 10.00. The van der Waals surface area contributed by atoms with Crippen LogP contribution in [0, 0.1) is 0 Å². The molecule has 1 N–H and O–H groups in total. The Bertz CT molecular complexity index is 1250. The minimum atomic E-state index is 0.466. The summed E-state index contributed by atoms with van der Waals surface area (Å²) in [5, 5.41) is 16.5. The smallest absolute Gasteiger partial charge is 0.247 e. The van der Waals surface area contributed by atoms with Gasteiger partial charge in [-0.05, 0) is 35.0 Å². The lowest BCUT2D eigenvalue weighted by Crippen LogP contribution is -2.00. The van der Waals surface area contributed by atoms with Crippen LogP contribution in [0.4, 0.5) is 11.6 Å². The third kappa shape index (κ3) is 2.60. The molecule has 0 radical (unpaired) electrons. The van der Waals surface area contributed by atoms with Crippen molar-refractivity contribution >= 4 is 44.2 Å². The molecule has 0 atom stereocenters. The van der Waals surface area contributed by atoms with E-state index in [1.54, 1.807) is 7.11 Å². The van der Waals surface area contributed by atoms with Gasteiger partial charge in [-0.15, -0.1) is 10.2 Å². The van der Waals surface area contributed by atoms with E-state index in [2.05, 4.69) is 39.8 Å². The van der Waals surface area contributed by atoms with E-state index in [1.165, 1.54) is 0 Å². The van der Waals surface area contributed by atoms with E-state index >= 15 is 0 Å². The van der Waals surface area contributed by atoms with Crippen LogP contribution in [-0.4, -0.2) is 22.3 Å². The molecule has 0 bridgehead atoms. The van der Waals surface area contributed by atoms with Gasteiger partial charge >= 0.3 is 0 Å². The molecule has 5 rings (SSSR count). The number of fused-ring (bicyclic) bond motifs is 6. The Kier molecular flexibility index (Phi) is 3.57. The van der Waals surface area contributed by atoms with E-state index in [-0.39, 0.29) is 0 Å². The molecule has 4 aromatic carbocycles. The van der Waals surface area contributed by atoms with E-state index in [0.717, 1.165) is 44.0 Å². The summed E-state index contributed by atoms with van der Waals surface area (Å²) in [7, 11) is 1.65. The van der Waals surface area contributed by atoms with Gasteiger partial charge in [0.25, 0.3) is 0 Å². The predicted molar refractivity (Wildman–Crippen MR) is 109 cm³/mol. The highest BCUT2D eigenvalue weighted by atomic mass is 16.5. The third-order valence-corrected chi connectivity index (χ3v) is 4.69. The SMILES string of the molecule is COc1ccc(Nc2nnc3c4ccccc4c4ccccc4c3n2)cc1. The summed E-state index contributed by atoms with van der Waals surface area (Å²) >= 11 is 0. The van der Waals surface area contributed by atoms with Gasteiger partial charge in [0.05, 0.1) is 7.11 Å². The monoisotopic (exact) mass is 352 g/mol. The molecule has 130 valence electrons. The molecule has 1 aromatic heterocycles. The van der Waals surface area contributed by atoms with Gasteiger partial charge in [-0.25, -0.2) is 4.98 Å². The molecule has 27 heavy (non-hydrogen) atoms. The molecule has 0 amide bonds. The summed E-state index contributed by atoms with van der Waals surface area (Å²) < 4.78 is 5.19. The van der Waals surface area contributed by atoms with Crippen LogP contribution in [0.1, 0.15) is 0 Å². The molecule has 0 saturated heterocycles. The summed E-state index contributed by atoms with van der Waals surface area (Å²) in [6, 6.07) is 24.1. The van der Waals surface area contributed by atoms with E-state index in [0.29, 0.717) is 5.95 Å². The molecule has 0 aliphatic heterocycles. The number of hydrogen-bond donors (Lipinski definition) is 1. The number of nitrogens with one attached hydrogen (secondary N) is 1. The fourth-order valence-electron chi connectivity index (χ4n) is 3.40. The van der Waals surface area contributed by atoms with Crippen LogP contribution in [0.5, 0.6) is 5.75 Å². The normalized spacial score (nSPS) is 11.1. The third-order valence-electron chi connectivity index (χ3n) is 4.69. The van der Waals surface area contributed by atoms with Gasteiger partial charge in [-0.1, -0.05) is 48.5 Å². The Balaban J connectivity index is 1.70. The Morgan fingerprint density at radius 1 is 0.667 bits per heavy atom. The average Bonchev–Trinajstić information content (AvgIpc) is 2.74. The van der Waals surface area contributed by atoms with E-state index < -0.39 is 0 Å². The van der Waals surface area contributed by atoms with Crippen molar-refractivity contribution in [2.75, 3.05) is 12.4 Å². The van der Waals surface area contributed by atoms with Crippen LogP contribution in [-0.2, 0) is 0 Å². The Morgan fingerprint density at radius 2 is 1.26 bits per heavy atom. The highest BCUT2D eigenvalue weighted by Crippen LogP contribution is 2.33. The van der Waals surface area contributed by atoms with Crippen LogP contribution in [0.3, 0.4) is 0 Å². The number of nitrogens with zero attached hydrogens (tertiary/aromatic N) is 3. The zero-order valence-corrected chi connectivity index (χ0v) is 14.7. The van der Waals surface area contributed by atoms with Crippen molar-refractivity contribution in [2.24, 2.45) is 0 Å². The van der Waals surface area contributed by atoms with Gasteiger partial charge in [0.1, 0.15) is 16.8 Å². The van der Waals surface area contributed by atoms with Crippen LogP contribution in [0.15, 0.2) is 72.8 Å². The topological polar surface area (TPSA) is 59.9 Å². The largest absolute Gasteiger partial charge is 0.497 e. The molecular weight excluding hydrogens is 336 g/mol. The number of methoxy groups -OCH3 is 1. The van der Waals surface area contributed by atoms with Crippen LogP contribution >= 0.6 is 0 Å². The van der Waals surface area contributed by atoms with Crippen molar-refractivity contribution in [3.05, 3.63) is 72.8 Å². The highest BCUT2D eigenvalue weighted by molar-refractivity contribution is 6.22. The fraction of sp³-hybridized carbons (Fsp3) is 0.0455. The van der Waals surface area contributed by atoms with Crippen LogP contribution < -0.4 is 10.1 Å². The number of ether oxygens (including phenoxy) is 1. The first-order valence-electron chi connectivity index (χ1n) is 8.68. The minimum absolute atomic E-state index is 0.466. The minimum Gasteiger partial charge on any atom is -0.497 e. The van der Waals surface area contributed by atoms with Gasteiger partial charge in [-0.2, -0.15) is 0 Å². The summed E-state index contributed by atoms with van der Waals surface area (Å²) in [5.74, 6) is 1.27. The molecule has 5 aromatic rings. The second-order valence-corrected chi connectivity index (χ2v) is 6.28. The predicted octanol–water partition coefficient (Wildman–Crippen LogP) is 5.08. The summed E-state index contributed by atoms with van der Waals surface area (Å²) in [4.78, 5) is 4.78. The molecule has 0 unspecified atom stereocenters. The Labute approximate surface area is 155 Å². The average molecular weight is 352 g/mol. The lowest BCUT2D eigenvalue weighted by molar-refractivity contribution is 0.415. The van der Waals surface area contributed by atoms with Gasteiger partial charge in [0.15, 0.2) is 0 Å². The maximum Gasteiger partial charge on any atom is 0.247 e. The number of anilines is 2. The van der Waals surface area contributed by atoms with Crippen molar-refractivity contribution in [2.45, 2.75) is 0 Å². The quantitative estimate of drug-likeness (QED) is 0.459. The molecule has 0 fully saturated rings. The molecule has 0 aliphatic rings. The second-order valence-electron chi connectivity index (χ2n) is 6.28. The van der Waals surface area contributed by atoms with Crippen molar-refractivity contribution in [1.29, 1.82) is 0 Å². The van der Waals surface area contributed by atoms with Crippen molar-refractivity contribution in [3.63, 3.8) is 0 Å². The van der Waals surface area contributed by atoms with Gasteiger partial charge in [0.2, 0.25) is 5.95 Å². The molecule has 0 aliphatic carbocycles. The first-order valence-corrected chi connectivity index (χ1v) is 8.68. The van der Waals surface area contributed by atoms with Crippen molar-refractivity contribution < 1.29 is 4.74 Å². The molecule has 1 heterocycles. The van der Waals surface area contributed by atoms with Gasteiger partial charge in [0, 0.05) is 16.5 Å². The Hall–Kier alpha value is -3.73. The van der Waals surface area contributed by atoms with Gasteiger partial charge in [-0.3, -0.25) is 0 Å². The molecular formula is C22H16N4O. The number of benzene rings is 4. The summed E-state index contributed by atoms with van der Waals surface area (Å²) in [6.07, 6.45) is 0. The van der Waals surface area contributed by atoms with Crippen molar-refractivity contribution in [3.8, 4) is 5.75 Å².